The number of methoxy groups -OCH3 is 1. The third-order valence-electron chi connectivity index (χ3n) is 5.32. The number of hydrogen-bond acceptors (Lipinski definition) is 5. The van der Waals surface area contributed by atoms with Crippen LogP contribution in [0.15, 0.2) is 42.6 Å². The van der Waals surface area contributed by atoms with E-state index in [1.165, 1.54) is 29.2 Å². The van der Waals surface area contributed by atoms with E-state index in [0.717, 1.165) is 5.69 Å². The molecular weight excluding hydrogens is 400 g/mol. The molecule has 0 radical (unpaired) electrons. The lowest BCUT2D eigenvalue weighted by Gasteiger charge is -2.31. The van der Waals surface area contributed by atoms with Crippen LogP contribution < -0.4 is 0 Å². The van der Waals surface area contributed by atoms with Crippen molar-refractivity contribution >= 4 is 17.5 Å². The van der Waals surface area contributed by atoms with E-state index in [4.69, 9.17) is 4.74 Å². The quantitative estimate of drug-likeness (QED) is 0.403. The second-order valence-electron chi connectivity index (χ2n) is 7.42. The molecule has 0 saturated heterocycles. The van der Waals surface area contributed by atoms with Crippen LogP contribution in [0.25, 0.3) is 0 Å². The fourth-order valence-electron chi connectivity index (χ4n) is 3.16. The van der Waals surface area contributed by atoms with Gasteiger partial charge >= 0.3 is 0 Å². The fraction of sp³-hybridized carbons (Fsp3) is 0.455. The Morgan fingerprint density at radius 2 is 2.00 bits per heavy atom. The lowest BCUT2D eigenvalue weighted by Crippen LogP contribution is -2.47. The maximum atomic E-state index is 13.2. The first-order chi connectivity index (χ1) is 14.8. The third-order valence-corrected chi connectivity index (χ3v) is 5.32. The summed E-state index contributed by atoms with van der Waals surface area (Å²) in [5.41, 5.74) is 0.990. The smallest absolute Gasteiger partial charge is 0.270 e. The molecule has 2 rings (SSSR count). The number of benzene rings is 1. The molecule has 9 heteroatoms. The summed E-state index contributed by atoms with van der Waals surface area (Å²) in [6, 6.07) is 9.22. The SMILES string of the molecule is CCC(C)N(CC(=O)N(CCOC)Cc1cccn1C)C(=O)c1cccc([N+](=O)[O-])c1. The summed E-state index contributed by atoms with van der Waals surface area (Å²) in [5, 5.41) is 11.1. The molecule has 0 bridgehead atoms. The molecule has 0 spiro atoms. The van der Waals surface area contributed by atoms with Crippen LogP contribution in [-0.2, 0) is 23.1 Å². The molecule has 1 atom stereocenters. The molecule has 31 heavy (non-hydrogen) atoms. The highest BCUT2D eigenvalue weighted by atomic mass is 16.6. The highest BCUT2D eigenvalue weighted by Crippen LogP contribution is 2.17. The van der Waals surface area contributed by atoms with Gasteiger partial charge in [-0.25, -0.2) is 0 Å². The summed E-state index contributed by atoms with van der Waals surface area (Å²) in [5.74, 6) is -0.616. The highest BCUT2D eigenvalue weighted by molar-refractivity contribution is 5.97. The molecule has 1 unspecified atom stereocenters. The molecule has 0 aliphatic heterocycles. The van der Waals surface area contributed by atoms with E-state index < -0.39 is 10.8 Å². The Kier molecular flexibility index (Phi) is 8.75. The summed E-state index contributed by atoms with van der Waals surface area (Å²) in [7, 11) is 3.48. The number of aromatic nitrogens is 1. The van der Waals surface area contributed by atoms with Crippen molar-refractivity contribution in [1.82, 2.24) is 14.4 Å². The molecule has 9 nitrogen and oxygen atoms in total. The van der Waals surface area contributed by atoms with Crippen molar-refractivity contribution in [3.63, 3.8) is 0 Å². The van der Waals surface area contributed by atoms with Gasteiger partial charge in [0.05, 0.1) is 18.1 Å². The van der Waals surface area contributed by atoms with Gasteiger partial charge in [-0.3, -0.25) is 19.7 Å². The van der Waals surface area contributed by atoms with E-state index in [-0.39, 0.29) is 29.7 Å². The largest absolute Gasteiger partial charge is 0.383 e. The second-order valence-corrected chi connectivity index (χ2v) is 7.42. The number of nitrogens with zero attached hydrogens (tertiary/aromatic N) is 4. The molecule has 0 aliphatic carbocycles. The number of carbonyl (C=O) groups excluding carboxylic acids is 2. The molecular formula is C22H30N4O5. The maximum absolute atomic E-state index is 13.2. The zero-order chi connectivity index (χ0) is 23.0. The third kappa shape index (κ3) is 6.39. The van der Waals surface area contributed by atoms with Gasteiger partial charge in [0.15, 0.2) is 0 Å². The summed E-state index contributed by atoms with van der Waals surface area (Å²) < 4.78 is 7.09. The van der Waals surface area contributed by atoms with Gasteiger partial charge in [-0.15, -0.1) is 0 Å². The lowest BCUT2D eigenvalue weighted by atomic mass is 10.1. The minimum Gasteiger partial charge on any atom is -0.383 e. The van der Waals surface area contributed by atoms with Gasteiger partial charge in [-0.1, -0.05) is 13.0 Å². The van der Waals surface area contributed by atoms with E-state index in [1.807, 2.05) is 43.8 Å². The van der Waals surface area contributed by atoms with Crippen LogP contribution in [0, 0.1) is 10.1 Å². The average molecular weight is 431 g/mol. The number of amides is 2. The number of nitro benzene ring substituents is 1. The van der Waals surface area contributed by atoms with Crippen molar-refractivity contribution in [3.05, 3.63) is 64.0 Å². The Bertz CT molecular complexity index is 911. The van der Waals surface area contributed by atoms with Gasteiger partial charge in [-0.05, 0) is 31.5 Å². The van der Waals surface area contributed by atoms with Gasteiger partial charge in [0.1, 0.15) is 6.54 Å². The van der Waals surface area contributed by atoms with Crippen LogP contribution >= 0.6 is 0 Å². The van der Waals surface area contributed by atoms with Crippen LogP contribution in [0.4, 0.5) is 5.69 Å². The van der Waals surface area contributed by atoms with E-state index in [9.17, 15) is 19.7 Å². The first-order valence-corrected chi connectivity index (χ1v) is 10.2. The number of nitro groups is 1. The lowest BCUT2D eigenvalue weighted by molar-refractivity contribution is -0.384. The number of non-ortho nitro benzene ring substituents is 1. The molecule has 1 heterocycles. The number of hydrogen-bond donors (Lipinski definition) is 0. The maximum Gasteiger partial charge on any atom is 0.270 e. The van der Waals surface area contributed by atoms with E-state index >= 15 is 0 Å². The zero-order valence-electron chi connectivity index (χ0n) is 18.5. The van der Waals surface area contributed by atoms with Crippen molar-refractivity contribution in [1.29, 1.82) is 0 Å². The van der Waals surface area contributed by atoms with Gasteiger partial charge in [0, 0.05) is 56.3 Å². The van der Waals surface area contributed by atoms with Crippen molar-refractivity contribution < 1.29 is 19.2 Å². The molecule has 0 saturated carbocycles. The Balaban J connectivity index is 2.25. The van der Waals surface area contributed by atoms with Crippen molar-refractivity contribution in [2.75, 3.05) is 26.8 Å². The number of aryl methyl sites for hydroxylation is 1. The minimum atomic E-state index is -0.540. The van der Waals surface area contributed by atoms with Crippen LogP contribution in [-0.4, -0.2) is 64.0 Å². The van der Waals surface area contributed by atoms with Crippen molar-refractivity contribution in [3.8, 4) is 0 Å². The van der Waals surface area contributed by atoms with Gasteiger partial charge in [-0.2, -0.15) is 0 Å². The molecule has 1 aromatic carbocycles. The molecule has 2 aromatic rings. The number of ether oxygens (including phenoxy) is 1. The number of carbonyl (C=O) groups is 2. The zero-order valence-corrected chi connectivity index (χ0v) is 18.5. The van der Waals surface area contributed by atoms with Crippen LogP contribution in [0.2, 0.25) is 0 Å². The topological polar surface area (TPSA) is 97.9 Å². The normalized spacial score (nSPS) is 11.7. The van der Waals surface area contributed by atoms with E-state index in [1.54, 1.807) is 12.0 Å². The van der Waals surface area contributed by atoms with Crippen molar-refractivity contribution in [2.24, 2.45) is 7.05 Å². The van der Waals surface area contributed by atoms with Gasteiger partial charge in [0.2, 0.25) is 5.91 Å². The molecule has 168 valence electrons. The first kappa shape index (κ1) is 24.1. The van der Waals surface area contributed by atoms with Crippen LogP contribution in [0.5, 0.6) is 0 Å². The molecule has 0 aliphatic rings. The minimum absolute atomic E-state index is 0.120. The second kappa shape index (κ2) is 11.3. The standard InChI is InChI=1S/C22H30N4O5/c1-5-17(2)25(22(28)18-8-6-9-19(14-18)26(29)30)16-21(27)24(12-13-31-4)15-20-10-7-11-23(20)3/h6-11,14,17H,5,12-13,15-16H2,1-4H3. The highest BCUT2D eigenvalue weighted by Gasteiger charge is 2.27. The Hall–Kier alpha value is -3.20. The first-order valence-electron chi connectivity index (χ1n) is 10.2. The molecule has 0 N–H and O–H groups in total. The monoisotopic (exact) mass is 430 g/mol. The van der Waals surface area contributed by atoms with Crippen LogP contribution in [0.3, 0.4) is 0 Å². The molecule has 1 aromatic heterocycles. The summed E-state index contributed by atoms with van der Waals surface area (Å²) in [6.07, 6.45) is 2.55. The van der Waals surface area contributed by atoms with Crippen LogP contribution in [0.1, 0.15) is 36.3 Å². The van der Waals surface area contributed by atoms with E-state index in [0.29, 0.717) is 26.1 Å². The Labute approximate surface area is 182 Å². The summed E-state index contributed by atoms with van der Waals surface area (Å²) in [4.78, 5) is 40.0. The Morgan fingerprint density at radius 3 is 2.58 bits per heavy atom. The fourth-order valence-corrected chi connectivity index (χ4v) is 3.16. The van der Waals surface area contributed by atoms with Gasteiger partial charge < -0.3 is 19.1 Å². The Morgan fingerprint density at radius 1 is 1.26 bits per heavy atom. The predicted octanol–water partition coefficient (Wildman–Crippen LogP) is 2.85. The predicted molar refractivity (Wildman–Crippen MR) is 117 cm³/mol. The summed E-state index contributed by atoms with van der Waals surface area (Å²) in [6.45, 7) is 4.82. The average Bonchev–Trinajstić information content (AvgIpc) is 3.18. The number of rotatable bonds is 11. The van der Waals surface area contributed by atoms with Crippen molar-refractivity contribution in [2.45, 2.75) is 32.9 Å². The van der Waals surface area contributed by atoms with E-state index in [2.05, 4.69) is 0 Å². The summed E-state index contributed by atoms with van der Waals surface area (Å²) >= 11 is 0. The molecule has 0 fully saturated rings. The molecule has 2 amide bonds. The van der Waals surface area contributed by atoms with Gasteiger partial charge in [0.25, 0.3) is 11.6 Å².